The molecular formula is C23H27N3O4S. The Morgan fingerprint density at radius 2 is 1.94 bits per heavy atom. The number of anilines is 1. The molecule has 0 bridgehead atoms. The van der Waals surface area contributed by atoms with Gasteiger partial charge in [-0.2, -0.15) is 0 Å². The van der Waals surface area contributed by atoms with Crippen molar-refractivity contribution < 1.29 is 17.6 Å². The normalized spacial score (nSPS) is 15.4. The molecule has 8 heteroatoms. The second-order valence-electron chi connectivity index (χ2n) is 8.35. The fraction of sp³-hybridized carbons (Fsp3) is 0.391. The maximum absolute atomic E-state index is 12.8. The van der Waals surface area contributed by atoms with E-state index in [-0.39, 0.29) is 18.1 Å². The van der Waals surface area contributed by atoms with E-state index in [9.17, 15) is 13.2 Å². The molecule has 0 spiro atoms. The highest BCUT2D eigenvalue weighted by molar-refractivity contribution is 7.89. The van der Waals surface area contributed by atoms with Crippen LogP contribution in [0.15, 0.2) is 47.0 Å². The number of carbonyl (C=O) groups excluding carboxylic acids is 1. The molecule has 1 N–H and O–H groups in total. The van der Waals surface area contributed by atoms with E-state index in [1.165, 1.54) is 12.8 Å². The molecule has 1 aromatic carbocycles. The Labute approximate surface area is 182 Å². The third kappa shape index (κ3) is 5.07. The zero-order valence-electron chi connectivity index (χ0n) is 17.8. The van der Waals surface area contributed by atoms with Crippen molar-refractivity contribution in [3.8, 4) is 0 Å². The molecule has 1 saturated heterocycles. The molecule has 3 aromatic rings. The van der Waals surface area contributed by atoms with E-state index in [1.54, 1.807) is 30.5 Å². The van der Waals surface area contributed by atoms with Crippen molar-refractivity contribution >= 4 is 32.5 Å². The first-order chi connectivity index (χ1) is 14.8. The molecule has 1 aliphatic heterocycles. The smallest absolute Gasteiger partial charge is 0.287 e. The van der Waals surface area contributed by atoms with Crippen LogP contribution in [-0.4, -0.2) is 38.7 Å². The van der Waals surface area contributed by atoms with Crippen LogP contribution in [0.4, 0.5) is 5.82 Å². The number of sulfone groups is 1. The topological polar surface area (TPSA) is 92.5 Å². The van der Waals surface area contributed by atoms with Gasteiger partial charge in [-0.1, -0.05) is 31.2 Å². The van der Waals surface area contributed by atoms with Crippen molar-refractivity contribution in [3.05, 3.63) is 59.5 Å². The number of fused-ring (bicyclic) bond motifs is 1. The summed E-state index contributed by atoms with van der Waals surface area (Å²) in [7, 11) is -3.34. The fourth-order valence-electron chi connectivity index (χ4n) is 3.90. The van der Waals surface area contributed by atoms with Crippen LogP contribution in [-0.2, 0) is 22.1 Å². The van der Waals surface area contributed by atoms with Crippen molar-refractivity contribution in [3.63, 3.8) is 0 Å². The van der Waals surface area contributed by atoms with E-state index >= 15 is 0 Å². The molecule has 164 valence electrons. The Kier molecular flexibility index (Phi) is 6.00. The minimum absolute atomic E-state index is 0.0404. The Morgan fingerprint density at radius 1 is 1.19 bits per heavy atom. The van der Waals surface area contributed by atoms with Crippen molar-refractivity contribution in [1.82, 2.24) is 10.3 Å². The number of benzene rings is 1. The summed E-state index contributed by atoms with van der Waals surface area (Å²) in [5.74, 6) is 1.06. The molecule has 7 nitrogen and oxygen atoms in total. The Hall–Kier alpha value is -2.87. The SMILES string of the molecule is CC1CCN(c2ccc(CNC(=O)c3oc4ccccc4c3CS(C)(=O)=O)cn2)CC1. The van der Waals surface area contributed by atoms with Crippen LogP contribution in [0.25, 0.3) is 11.0 Å². The quantitative estimate of drug-likeness (QED) is 0.629. The summed E-state index contributed by atoms with van der Waals surface area (Å²) in [4.78, 5) is 19.6. The average Bonchev–Trinajstić information content (AvgIpc) is 3.10. The minimum Gasteiger partial charge on any atom is -0.451 e. The lowest BCUT2D eigenvalue weighted by molar-refractivity contribution is 0.0924. The monoisotopic (exact) mass is 441 g/mol. The summed E-state index contributed by atoms with van der Waals surface area (Å²) in [6.45, 7) is 4.58. The molecule has 0 atom stereocenters. The molecule has 3 heterocycles. The molecule has 0 saturated carbocycles. The van der Waals surface area contributed by atoms with E-state index in [0.717, 1.165) is 36.6 Å². The molecule has 31 heavy (non-hydrogen) atoms. The van der Waals surface area contributed by atoms with Crippen molar-refractivity contribution in [2.75, 3.05) is 24.2 Å². The van der Waals surface area contributed by atoms with E-state index in [0.29, 0.717) is 16.5 Å². The first-order valence-electron chi connectivity index (χ1n) is 10.5. The van der Waals surface area contributed by atoms with E-state index < -0.39 is 15.7 Å². The largest absolute Gasteiger partial charge is 0.451 e. The van der Waals surface area contributed by atoms with Crippen LogP contribution in [0.5, 0.6) is 0 Å². The highest BCUT2D eigenvalue weighted by Crippen LogP contribution is 2.27. The predicted octanol–water partition coefficient (Wildman–Crippen LogP) is 3.54. The third-order valence-corrected chi connectivity index (χ3v) is 6.49. The minimum atomic E-state index is -3.34. The van der Waals surface area contributed by atoms with Gasteiger partial charge in [0.2, 0.25) is 0 Å². The number of amides is 1. The van der Waals surface area contributed by atoms with Crippen LogP contribution in [0.2, 0.25) is 0 Å². The summed E-state index contributed by atoms with van der Waals surface area (Å²) >= 11 is 0. The summed E-state index contributed by atoms with van der Waals surface area (Å²) < 4.78 is 29.5. The highest BCUT2D eigenvalue weighted by atomic mass is 32.2. The Morgan fingerprint density at radius 3 is 2.61 bits per heavy atom. The van der Waals surface area contributed by atoms with Gasteiger partial charge in [0.15, 0.2) is 15.6 Å². The number of carbonyl (C=O) groups is 1. The van der Waals surface area contributed by atoms with Gasteiger partial charge in [0.05, 0.1) is 5.75 Å². The average molecular weight is 442 g/mol. The summed E-state index contributed by atoms with van der Waals surface area (Å²) in [6.07, 6.45) is 5.26. The number of piperidine rings is 1. The van der Waals surface area contributed by atoms with Gasteiger partial charge >= 0.3 is 0 Å². The molecule has 4 rings (SSSR count). The molecule has 1 amide bonds. The molecular weight excluding hydrogens is 414 g/mol. The highest BCUT2D eigenvalue weighted by Gasteiger charge is 2.23. The second-order valence-corrected chi connectivity index (χ2v) is 10.5. The number of hydrogen-bond donors (Lipinski definition) is 1. The lowest BCUT2D eigenvalue weighted by Crippen LogP contribution is -2.33. The van der Waals surface area contributed by atoms with Gasteiger partial charge in [-0.3, -0.25) is 4.79 Å². The molecule has 1 fully saturated rings. The van der Waals surface area contributed by atoms with E-state index in [2.05, 4.69) is 22.1 Å². The summed E-state index contributed by atoms with van der Waals surface area (Å²) in [6, 6.07) is 11.0. The van der Waals surface area contributed by atoms with Gasteiger partial charge in [0.25, 0.3) is 5.91 Å². The number of hydrogen-bond acceptors (Lipinski definition) is 6. The van der Waals surface area contributed by atoms with Gasteiger partial charge in [0, 0.05) is 43.0 Å². The zero-order valence-corrected chi connectivity index (χ0v) is 18.6. The fourth-order valence-corrected chi connectivity index (χ4v) is 4.71. The van der Waals surface area contributed by atoms with Gasteiger partial charge in [-0.15, -0.1) is 0 Å². The molecule has 1 aliphatic rings. The Bertz CT molecular complexity index is 1180. The maximum atomic E-state index is 12.8. The van der Waals surface area contributed by atoms with Gasteiger partial charge in [-0.05, 0) is 36.5 Å². The second kappa shape index (κ2) is 8.70. The molecule has 0 aliphatic carbocycles. The van der Waals surface area contributed by atoms with Crippen LogP contribution in [0.3, 0.4) is 0 Å². The summed E-state index contributed by atoms with van der Waals surface area (Å²) in [5, 5.41) is 3.46. The van der Waals surface area contributed by atoms with Crippen molar-refractivity contribution in [2.45, 2.75) is 32.1 Å². The zero-order chi connectivity index (χ0) is 22.0. The van der Waals surface area contributed by atoms with Gasteiger partial charge in [0.1, 0.15) is 11.4 Å². The Balaban J connectivity index is 1.46. The summed E-state index contributed by atoms with van der Waals surface area (Å²) in [5.41, 5.74) is 1.75. The van der Waals surface area contributed by atoms with Crippen molar-refractivity contribution in [2.24, 2.45) is 5.92 Å². The van der Waals surface area contributed by atoms with E-state index in [1.807, 2.05) is 12.1 Å². The molecule has 0 unspecified atom stereocenters. The molecule has 2 aromatic heterocycles. The van der Waals surface area contributed by atoms with E-state index in [4.69, 9.17) is 4.42 Å². The number of pyridine rings is 1. The van der Waals surface area contributed by atoms with Gasteiger partial charge in [-0.25, -0.2) is 13.4 Å². The first kappa shape index (κ1) is 21.4. The third-order valence-electron chi connectivity index (χ3n) is 5.68. The first-order valence-corrected chi connectivity index (χ1v) is 12.5. The predicted molar refractivity (Wildman–Crippen MR) is 121 cm³/mol. The number of nitrogens with one attached hydrogen (secondary N) is 1. The van der Waals surface area contributed by atoms with Crippen LogP contribution in [0, 0.1) is 5.92 Å². The number of rotatable bonds is 6. The van der Waals surface area contributed by atoms with Crippen LogP contribution >= 0.6 is 0 Å². The number of nitrogens with zero attached hydrogens (tertiary/aromatic N) is 2. The lowest BCUT2D eigenvalue weighted by atomic mass is 9.99. The number of furan rings is 1. The lowest BCUT2D eigenvalue weighted by Gasteiger charge is -2.31. The number of aromatic nitrogens is 1. The molecule has 0 radical (unpaired) electrons. The van der Waals surface area contributed by atoms with Gasteiger partial charge < -0.3 is 14.6 Å². The van der Waals surface area contributed by atoms with Crippen molar-refractivity contribution in [1.29, 1.82) is 0 Å². The van der Waals surface area contributed by atoms with Crippen LogP contribution in [0.1, 0.15) is 41.4 Å². The number of para-hydroxylation sites is 1. The maximum Gasteiger partial charge on any atom is 0.287 e. The van der Waals surface area contributed by atoms with Crippen LogP contribution < -0.4 is 10.2 Å². The standard InChI is InChI=1S/C23H27N3O4S/c1-16-9-11-26(12-10-16)21-8-7-17(13-24-21)14-25-23(27)22-19(15-31(2,28)29)18-5-3-4-6-20(18)30-22/h3-8,13,16H,9-12,14-15H2,1-2H3,(H,25,27).